The van der Waals surface area contributed by atoms with E-state index in [1.54, 1.807) is 24.3 Å². The monoisotopic (exact) mass is 424 g/mol. The average molecular weight is 425 g/mol. The van der Waals surface area contributed by atoms with Crippen LogP contribution in [0, 0.1) is 19.8 Å². The van der Waals surface area contributed by atoms with Crippen molar-refractivity contribution in [1.82, 2.24) is 0 Å². The third-order valence-corrected chi connectivity index (χ3v) is 6.99. The normalized spacial score (nSPS) is 18.9. The van der Waals surface area contributed by atoms with Crippen molar-refractivity contribution < 1.29 is 8.42 Å². The predicted molar refractivity (Wildman–Crippen MR) is 129 cm³/mol. The molecule has 0 bridgehead atoms. The molecule has 2 aliphatic rings. The van der Waals surface area contributed by atoms with Crippen LogP contribution >= 0.6 is 0 Å². The van der Waals surface area contributed by atoms with E-state index in [1.165, 1.54) is 11.1 Å². The number of aryl methyl sites for hydroxylation is 1. The Morgan fingerprint density at radius 2 is 1.19 bits per heavy atom. The van der Waals surface area contributed by atoms with E-state index in [0.29, 0.717) is 9.80 Å². The van der Waals surface area contributed by atoms with E-state index in [2.05, 4.69) is 62.8 Å². The Hall–Kier alpha value is -3.17. The third-order valence-electron chi connectivity index (χ3n) is 5.20. The van der Waals surface area contributed by atoms with Crippen molar-refractivity contribution in [1.29, 1.82) is 0 Å². The molecule has 31 heavy (non-hydrogen) atoms. The number of hydrogen-bond donors (Lipinski definition) is 0. The van der Waals surface area contributed by atoms with Crippen molar-refractivity contribution in [3.8, 4) is 0 Å². The second-order valence-electron chi connectivity index (χ2n) is 7.75. The first kappa shape index (κ1) is 21.1. The first-order valence-electron chi connectivity index (χ1n) is 10.2. The van der Waals surface area contributed by atoms with E-state index in [0.717, 1.165) is 22.3 Å². The van der Waals surface area contributed by atoms with Crippen molar-refractivity contribution >= 4 is 22.0 Å². The molecule has 2 aliphatic carbocycles. The smallest absolute Gasteiger partial charge is 0.206 e. The van der Waals surface area contributed by atoms with Crippen LogP contribution in [-0.2, 0) is 9.84 Å². The minimum Gasteiger partial charge on any atom is -0.219 e. The molecule has 0 amide bonds. The lowest BCUT2D eigenvalue weighted by molar-refractivity contribution is 0.603. The van der Waals surface area contributed by atoms with Gasteiger partial charge in [0.25, 0.3) is 0 Å². The lowest BCUT2D eigenvalue weighted by atomic mass is 10.0. The summed E-state index contributed by atoms with van der Waals surface area (Å²) in [5.74, 6) is 0. The molecule has 0 unspecified atom stereocenters. The number of hydrogen-bond acceptors (Lipinski definition) is 2. The van der Waals surface area contributed by atoms with Gasteiger partial charge in [-0.15, -0.1) is 0 Å². The molecule has 154 valence electrons. The summed E-state index contributed by atoms with van der Waals surface area (Å²) >= 11 is 0. The zero-order valence-electron chi connectivity index (χ0n) is 17.6. The molecular formula is C28H24O2S. The maximum atomic E-state index is 13.0. The van der Waals surface area contributed by atoms with Crippen LogP contribution in [0.15, 0.2) is 112 Å². The van der Waals surface area contributed by atoms with E-state index in [9.17, 15) is 8.42 Å². The molecule has 0 atom stereocenters. The highest BCUT2D eigenvalue weighted by atomic mass is 32.2. The number of benzene rings is 2. The molecule has 0 heterocycles. The van der Waals surface area contributed by atoms with Gasteiger partial charge >= 0.3 is 0 Å². The highest BCUT2D eigenvalue weighted by Gasteiger charge is 2.20. The number of allylic oxidation sites excluding steroid dienone is 9. The minimum atomic E-state index is -3.56. The van der Waals surface area contributed by atoms with E-state index >= 15 is 0 Å². The quantitative estimate of drug-likeness (QED) is 0.553. The molecule has 0 N–H and O–H groups in total. The molecule has 3 heteroatoms. The zero-order chi connectivity index (χ0) is 21.8. The van der Waals surface area contributed by atoms with Crippen molar-refractivity contribution in [2.24, 2.45) is 0 Å². The van der Waals surface area contributed by atoms with Gasteiger partial charge in [-0.3, -0.25) is 0 Å². The third kappa shape index (κ3) is 5.12. The van der Waals surface area contributed by atoms with E-state index < -0.39 is 9.84 Å². The molecule has 4 rings (SSSR count). The van der Waals surface area contributed by atoms with Gasteiger partial charge in [0.15, 0.2) is 0 Å². The van der Waals surface area contributed by atoms with Gasteiger partial charge in [0.1, 0.15) is 0 Å². The topological polar surface area (TPSA) is 34.1 Å². The van der Waals surface area contributed by atoms with Crippen LogP contribution in [0.1, 0.15) is 23.6 Å². The van der Waals surface area contributed by atoms with Crippen LogP contribution in [0.5, 0.6) is 0 Å². The summed E-state index contributed by atoms with van der Waals surface area (Å²) < 4.78 is 26.1. The van der Waals surface area contributed by atoms with Crippen LogP contribution in [0.25, 0.3) is 12.2 Å². The fraction of sp³-hybridized carbons (Fsp3) is 0.0714. The standard InChI is InChI=1S/C28H24O2S/c1-21-3-7-23(8-4-21)19-25-11-15-27(16-12-25)31(29,30)28-17-13-26(14-18-28)20-24-9-5-22(2)6-10-24/h3-20H,1-2H3. The van der Waals surface area contributed by atoms with Gasteiger partial charge in [-0.05, 0) is 54.3 Å². The second kappa shape index (κ2) is 8.91. The Morgan fingerprint density at radius 1 is 0.645 bits per heavy atom. The number of sulfone groups is 1. The van der Waals surface area contributed by atoms with E-state index in [4.69, 9.17) is 0 Å². The fourth-order valence-electron chi connectivity index (χ4n) is 3.33. The van der Waals surface area contributed by atoms with E-state index in [1.807, 2.05) is 36.8 Å². The maximum Gasteiger partial charge on any atom is 0.206 e. The van der Waals surface area contributed by atoms with Crippen molar-refractivity contribution in [2.75, 3.05) is 0 Å². The largest absolute Gasteiger partial charge is 0.219 e. The summed E-state index contributed by atoms with van der Waals surface area (Å²) in [6, 6.07) is 15.2. The molecule has 0 spiro atoms. The Morgan fingerprint density at radius 3 is 1.71 bits per heavy atom. The predicted octanol–water partition coefficient (Wildman–Crippen LogP) is 6.61. The van der Waals surface area contributed by atoms with Crippen LogP contribution in [0.2, 0.25) is 0 Å². The van der Waals surface area contributed by atoms with Gasteiger partial charge in [0.2, 0.25) is 9.84 Å². The highest BCUT2D eigenvalue weighted by Crippen LogP contribution is 2.27. The van der Waals surface area contributed by atoms with Gasteiger partial charge in [0.05, 0.1) is 9.80 Å². The van der Waals surface area contributed by atoms with Crippen molar-refractivity contribution in [3.05, 3.63) is 136 Å². The van der Waals surface area contributed by atoms with Crippen LogP contribution in [-0.4, -0.2) is 8.42 Å². The Kier molecular flexibility index (Phi) is 6.06. The first-order chi connectivity index (χ1) is 14.9. The first-order valence-corrected chi connectivity index (χ1v) is 11.7. The summed E-state index contributed by atoms with van der Waals surface area (Å²) in [6.07, 6.45) is 19.3. The van der Waals surface area contributed by atoms with Gasteiger partial charge < -0.3 is 0 Å². The minimum absolute atomic E-state index is 0.295. The van der Waals surface area contributed by atoms with Gasteiger partial charge in [0, 0.05) is 12.8 Å². The van der Waals surface area contributed by atoms with Crippen molar-refractivity contribution in [3.63, 3.8) is 0 Å². The van der Waals surface area contributed by atoms with Crippen LogP contribution < -0.4 is 0 Å². The Balaban J connectivity index is 1.48. The molecule has 0 aliphatic heterocycles. The lowest BCUT2D eigenvalue weighted by Crippen LogP contribution is -2.05. The highest BCUT2D eigenvalue weighted by molar-refractivity contribution is 7.95. The van der Waals surface area contributed by atoms with Gasteiger partial charge in [-0.25, -0.2) is 8.42 Å². The van der Waals surface area contributed by atoms with Crippen molar-refractivity contribution in [2.45, 2.75) is 18.7 Å². The fourth-order valence-corrected chi connectivity index (χ4v) is 4.59. The molecule has 0 saturated heterocycles. The van der Waals surface area contributed by atoms with Crippen LogP contribution in [0.4, 0.5) is 0 Å². The van der Waals surface area contributed by atoms with Gasteiger partial charge in [-0.1, -0.05) is 90.1 Å². The molecule has 2 aromatic rings. The molecule has 0 aromatic heterocycles. The van der Waals surface area contributed by atoms with E-state index in [-0.39, 0.29) is 0 Å². The molecule has 0 fully saturated rings. The summed E-state index contributed by atoms with van der Waals surface area (Å²) in [4.78, 5) is 0.590. The average Bonchev–Trinajstić information content (AvgIpc) is 2.78. The summed E-state index contributed by atoms with van der Waals surface area (Å²) in [6.45, 7) is 4.10. The zero-order valence-corrected chi connectivity index (χ0v) is 18.4. The molecule has 0 saturated carbocycles. The summed E-state index contributed by atoms with van der Waals surface area (Å²) in [5, 5.41) is 0. The number of rotatable bonds is 4. The van der Waals surface area contributed by atoms with Crippen LogP contribution in [0.3, 0.4) is 0 Å². The summed E-state index contributed by atoms with van der Waals surface area (Å²) in [7, 11) is -3.56. The molecule has 2 aromatic carbocycles. The second-order valence-corrected chi connectivity index (χ2v) is 9.70. The van der Waals surface area contributed by atoms with Gasteiger partial charge in [-0.2, -0.15) is 0 Å². The summed E-state index contributed by atoms with van der Waals surface area (Å²) in [5.41, 5.74) is 6.52. The molecular weight excluding hydrogens is 400 g/mol. The Bertz CT molecular complexity index is 1260. The molecule has 2 radical (unpaired) electrons. The SMILES string of the molecule is CC1=C[CH]C(=Cc2ccc(S(=O)(=O)C3=C[CH]C(=Cc4ccc(C)cc4)C=C3)cc2)C=C1. The maximum absolute atomic E-state index is 13.0. The lowest BCUT2D eigenvalue weighted by Gasteiger charge is -2.11. The molecule has 2 nitrogen and oxygen atoms in total. The Labute approximate surface area is 185 Å².